The van der Waals surface area contributed by atoms with Crippen molar-refractivity contribution < 1.29 is 9.53 Å². The van der Waals surface area contributed by atoms with E-state index in [0.29, 0.717) is 5.69 Å². The van der Waals surface area contributed by atoms with Crippen LogP contribution in [0.4, 0.5) is 0 Å². The molecule has 16 heavy (non-hydrogen) atoms. The molecule has 1 heterocycles. The van der Waals surface area contributed by atoms with Gasteiger partial charge in [-0.25, -0.2) is 4.79 Å². The molecule has 0 N–H and O–H groups in total. The largest absolute Gasteiger partial charge is 0.437 e. The van der Waals surface area contributed by atoms with Crippen molar-refractivity contribution in [2.45, 2.75) is 20.0 Å². The van der Waals surface area contributed by atoms with E-state index in [1.54, 1.807) is 38.2 Å². The first kappa shape index (κ1) is 11.9. The van der Waals surface area contributed by atoms with Crippen LogP contribution in [0.5, 0.6) is 0 Å². The molecule has 0 aliphatic rings. The normalized spacial score (nSPS) is 11.1. The molecule has 1 rings (SSSR count). The number of hydrogen-bond donors (Lipinski definition) is 0. The first-order valence-corrected chi connectivity index (χ1v) is 4.79. The number of aromatic nitrogens is 1. The van der Waals surface area contributed by atoms with E-state index < -0.39 is 12.1 Å². The second-order valence-corrected chi connectivity index (χ2v) is 3.42. The van der Waals surface area contributed by atoms with Gasteiger partial charge >= 0.3 is 5.97 Å². The van der Waals surface area contributed by atoms with Crippen molar-refractivity contribution in [1.29, 1.82) is 5.26 Å². The Morgan fingerprint density at radius 2 is 2.31 bits per heavy atom. The molecule has 0 amide bonds. The third-order valence-corrected chi connectivity index (χ3v) is 1.71. The molecule has 1 aromatic rings. The Balaban J connectivity index is 2.76. The van der Waals surface area contributed by atoms with Gasteiger partial charge in [-0.05, 0) is 26.0 Å². The number of pyridine rings is 1. The zero-order chi connectivity index (χ0) is 12.0. The van der Waals surface area contributed by atoms with Gasteiger partial charge in [-0.2, -0.15) is 5.26 Å². The summed E-state index contributed by atoms with van der Waals surface area (Å²) < 4.78 is 4.96. The number of carbonyl (C=O) groups excluding carboxylic acids is 1. The van der Waals surface area contributed by atoms with Gasteiger partial charge in [-0.15, -0.1) is 0 Å². The molecule has 4 nitrogen and oxygen atoms in total. The topological polar surface area (TPSA) is 63.0 Å². The van der Waals surface area contributed by atoms with Gasteiger partial charge in [0.25, 0.3) is 0 Å². The van der Waals surface area contributed by atoms with Gasteiger partial charge in [0, 0.05) is 12.3 Å². The van der Waals surface area contributed by atoms with E-state index in [2.05, 4.69) is 4.98 Å². The number of nitriles is 1. The van der Waals surface area contributed by atoms with Crippen LogP contribution in [0.25, 0.3) is 0 Å². The Labute approximate surface area is 94.2 Å². The molecule has 0 aliphatic carbocycles. The van der Waals surface area contributed by atoms with Crippen LogP contribution >= 0.6 is 0 Å². The van der Waals surface area contributed by atoms with E-state index in [1.807, 2.05) is 6.07 Å². The molecule has 1 aromatic heterocycles. The highest BCUT2D eigenvalue weighted by molar-refractivity contribution is 5.82. The highest BCUT2D eigenvalue weighted by Crippen LogP contribution is 2.13. The van der Waals surface area contributed by atoms with Crippen LogP contribution in [0.2, 0.25) is 0 Å². The highest BCUT2D eigenvalue weighted by atomic mass is 16.5. The molecule has 0 radical (unpaired) electrons. The second-order valence-electron chi connectivity index (χ2n) is 3.42. The lowest BCUT2D eigenvalue weighted by atomic mass is 10.2. The van der Waals surface area contributed by atoms with Crippen molar-refractivity contribution in [2.75, 3.05) is 0 Å². The van der Waals surface area contributed by atoms with Crippen LogP contribution < -0.4 is 0 Å². The zero-order valence-corrected chi connectivity index (χ0v) is 9.18. The summed E-state index contributed by atoms with van der Waals surface area (Å²) in [5.74, 6) is -0.530. The molecular formula is C12H12N2O2. The van der Waals surface area contributed by atoms with Gasteiger partial charge in [0.15, 0.2) is 0 Å². The Morgan fingerprint density at radius 3 is 2.81 bits per heavy atom. The number of allylic oxidation sites excluding steroid dienone is 1. The number of hydrogen-bond acceptors (Lipinski definition) is 4. The molecule has 1 atom stereocenters. The minimum atomic E-state index is -0.954. The van der Waals surface area contributed by atoms with Crippen molar-refractivity contribution in [1.82, 2.24) is 4.98 Å². The average Bonchev–Trinajstić information content (AvgIpc) is 2.26. The third-order valence-electron chi connectivity index (χ3n) is 1.71. The second kappa shape index (κ2) is 5.66. The molecule has 0 bridgehead atoms. The zero-order valence-electron chi connectivity index (χ0n) is 9.18. The molecule has 1 unspecified atom stereocenters. The Bertz CT molecular complexity index is 428. The van der Waals surface area contributed by atoms with Crippen molar-refractivity contribution in [3.63, 3.8) is 0 Å². The fourth-order valence-corrected chi connectivity index (χ4v) is 1.07. The first-order valence-electron chi connectivity index (χ1n) is 4.79. The fourth-order valence-electron chi connectivity index (χ4n) is 1.07. The molecule has 0 saturated heterocycles. The van der Waals surface area contributed by atoms with E-state index in [-0.39, 0.29) is 0 Å². The van der Waals surface area contributed by atoms with Gasteiger partial charge in [0.1, 0.15) is 6.07 Å². The molecule has 4 heteroatoms. The molecule has 0 aliphatic heterocycles. The number of ether oxygens (including phenoxy) is 1. The standard InChI is InChI=1S/C12H12N2O2/c1-9(2)7-12(15)16-11(8-13)10-5-3-4-6-14-10/h3-7,11H,1-2H3. The molecule has 0 aromatic carbocycles. The van der Waals surface area contributed by atoms with Gasteiger partial charge in [0.05, 0.1) is 5.69 Å². The van der Waals surface area contributed by atoms with Gasteiger partial charge in [0.2, 0.25) is 6.10 Å². The predicted octanol–water partition coefficient (Wildman–Crippen LogP) is 2.16. The van der Waals surface area contributed by atoms with Gasteiger partial charge in [-0.1, -0.05) is 11.6 Å². The maximum absolute atomic E-state index is 11.3. The van der Waals surface area contributed by atoms with Crippen LogP contribution in [0.3, 0.4) is 0 Å². The molecular weight excluding hydrogens is 204 g/mol. The van der Waals surface area contributed by atoms with E-state index in [0.717, 1.165) is 5.57 Å². The van der Waals surface area contributed by atoms with Crippen molar-refractivity contribution in [2.24, 2.45) is 0 Å². The summed E-state index contributed by atoms with van der Waals surface area (Å²) in [7, 11) is 0. The quantitative estimate of drug-likeness (QED) is 0.573. The van der Waals surface area contributed by atoms with Crippen LogP contribution in [0, 0.1) is 11.3 Å². The van der Waals surface area contributed by atoms with Crippen LogP contribution in [-0.2, 0) is 9.53 Å². The van der Waals surface area contributed by atoms with E-state index in [9.17, 15) is 4.79 Å². The first-order chi connectivity index (χ1) is 7.63. The SMILES string of the molecule is CC(C)=CC(=O)OC(C#N)c1ccccn1. The maximum atomic E-state index is 11.3. The number of carbonyl (C=O) groups is 1. The number of rotatable bonds is 3. The summed E-state index contributed by atoms with van der Waals surface area (Å²) in [4.78, 5) is 15.3. The summed E-state index contributed by atoms with van der Waals surface area (Å²) in [6.45, 7) is 3.56. The van der Waals surface area contributed by atoms with E-state index in [4.69, 9.17) is 10.00 Å². The number of nitrogens with zero attached hydrogens (tertiary/aromatic N) is 2. The Kier molecular flexibility index (Phi) is 4.22. The third kappa shape index (κ3) is 3.54. The highest BCUT2D eigenvalue weighted by Gasteiger charge is 2.15. The van der Waals surface area contributed by atoms with Crippen molar-refractivity contribution in [3.05, 3.63) is 41.7 Å². The summed E-state index contributed by atoms with van der Waals surface area (Å²) >= 11 is 0. The van der Waals surface area contributed by atoms with Crippen LogP contribution in [-0.4, -0.2) is 11.0 Å². The lowest BCUT2D eigenvalue weighted by Gasteiger charge is -2.08. The Morgan fingerprint density at radius 1 is 1.56 bits per heavy atom. The van der Waals surface area contributed by atoms with E-state index in [1.165, 1.54) is 6.08 Å². The predicted molar refractivity (Wildman–Crippen MR) is 58.1 cm³/mol. The molecule has 0 saturated carbocycles. The van der Waals surface area contributed by atoms with E-state index >= 15 is 0 Å². The van der Waals surface area contributed by atoms with Crippen LogP contribution in [0.1, 0.15) is 25.6 Å². The fraction of sp³-hybridized carbons (Fsp3) is 0.250. The Hall–Kier alpha value is -2.15. The van der Waals surface area contributed by atoms with Crippen LogP contribution in [0.15, 0.2) is 36.0 Å². The summed E-state index contributed by atoms with van der Waals surface area (Å²) in [6.07, 6.45) is 1.94. The summed E-state index contributed by atoms with van der Waals surface area (Å²) in [5.41, 5.74) is 1.25. The monoisotopic (exact) mass is 216 g/mol. The maximum Gasteiger partial charge on any atom is 0.332 e. The minimum Gasteiger partial charge on any atom is -0.437 e. The summed E-state index contributed by atoms with van der Waals surface area (Å²) in [6, 6.07) is 7.00. The molecule has 0 spiro atoms. The summed E-state index contributed by atoms with van der Waals surface area (Å²) in [5, 5.41) is 8.87. The lowest BCUT2D eigenvalue weighted by Crippen LogP contribution is -2.09. The number of esters is 1. The minimum absolute atomic E-state index is 0.431. The lowest BCUT2D eigenvalue weighted by molar-refractivity contribution is -0.141. The van der Waals surface area contributed by atoms with Gasteiger partial charge in [-0.3, -0.25) is 4.98 Å². The average molecular weight is 216 g/mol. The van der Waals surface area contributed by atoms with Gasteiger partial charge < -0.3 is 4.74 Å². The smallest absolute Gasteiger partial charge is 0.332 e. The molecule has 82 valence electrons. The van der Waals surface area contributed by atoms with Crippen molar-refractivity contribution >= 4 is 5.97 Å². The molecule has 0 fully saturated rings. The van der Waals surface area contributed by atoms with Crippen molar-refractivity contribution in [3.8, 4) is 6.07 Å².